The van der Waals surface area contributed by atoms with E-state index in [0.717, 1.165) is 56.7 Å². The van der Waals surface area contributed by atoms with E-state index in [1.54, 1.807) is 45.0 Å². The van der Waals surface area contributed by atoms with Crippen LogP contribution in [0.5, 0.6) is 5.75 Å². The maximum atomic E-state index is 15.1. The predicted octanol–water partition coefficient (Wildman–Crippen LogP) is 4.86. The predicted molar refractivity (Wildman–Crippen MR) is 331 cm³/mol. The Kier molecular flexibility index (Phi) is 17.7. The van der Waals surface area contributed by atoms with Gasteiger partial charge in [-0.1, -0.05) is 12.1 Å². The molecule has 93 heavy (non-hydrogen) atoms. The number of carboxylic acid groups (broad SMARTS) is 1. The summed E-state index contributed by atoms with van der Waals surface area (Å²) in [5.74, 6) is -7.66. The van der Waals surface area contributed by atoms with Crippen LogP contribution in [0.3, 0.4) is 0 Å². The first kappa shape index (κ1) is 64.4. The number of allylic oxidation sites excluding steroid dienone is 1. The summed E-state index contributed by atoms with van der Waals surface area (Å²) in [6.45, 7) is 4.29. The lowest BCUT2D eigenvalue weighted by molar-refractivity contribution is -0.280. The molecule has 0 spiro atoms. The van der Waals surface area contributed by atoms with E-state index in [9.17, 15) is 49.6 Å². The number of esters is 2. The standard InChI is InChI=1S/C58H56N12O18S5/c1-21(71)37-49(76)67-38(22(2)83-7)52-62-31(19-91-52)48(75)68-41-43-44(88-35-12-58(4,81)45(69(5)6)23(3)87-35)57(80)85-13-24-9-8-10-33-36(24)26(14-84-43)42(70(33)82)56(79)86-15-27(59-46(73)29-18-92-54(41)63-29)51-60-28(16-90-51)39-25(50-61-30(17-89-50)47(74)66-37)11-34(72)40(65-39)53-64-32(20-93-53)55(77)78/h8-11,16-21,23,27,35,37,41,43-45,71-72,81-82H,12-15H2,1-7H3,(H,59,73)(H,66,74)(H,67,76)(H,68,75)(H,77,78)/b38-22+. The first-order valence-corrected chi connectivity index (χ1v) is 32.7. The molecule has 1 aromatic carbocycles. The number of cyclic esters (lactones) is 2. The number of likely N-dealkylation sites (N-methyl/N-ethyl adjacent to an activating group) is 1. The van der Waals surface area contributed by atoms with E-state index in [4.69, 9.17) is 43.4 Å². The van der Waals surface area contributed by atoms with Crippen molar-refractivity contribution in [2.75, 3.05) is 27.8 Å². The van der Waals surface area contributed by atoms with Crippen molar-refractivity contribution in [1.82, 2.24) is 60.8 Å². The van der Waals surface area contributed by atoms with E-state index >= 15 is 9.59 Å². The molecule has 1 saturated heterocycles. The van der Waals surface area contributed by atoms with Crippen LogP contribution in [0.4, 0.5) is 0 Å². The van der Waals surface area contributed by atoms with Gasteiger partial charge in [0.1, 0.15) is 114 Å². The number of pyridine rings is 1. The SMILES string of the molecule is CO/C(C)=C1/NC(=O)C(C(C)O)NC(=O)c2csc(n2)-c2cc(O)c(-c3nc(C(=O)O)cs3)nc2-c2csc(n2)C2COC(=O)c3c4c5c(cccc5n3O)COC(=O)C(OC3CC(C)(O)C(N(C)C)C(C)O3)C(OC4)C(NC(=O)c3csc1n3)c1nc(cs1)C(=O)N2. The number of aliphatic hydroxyl groups is 2. The quantitative estimate of drug-likeness (QED) is 0.0584. The third-order valence-corrected chi connectivity index (χ3v) is 20.2. The van der Waals surface area contributed by atoms with Crippen LogP contribution in [0.15, 0.2) is 56.9 Å². The number of fused-ring (bicyclic) bond motifs is 15. The first-order valence-electron chi connectivity index (χ1n) is 28.3. The third-order valence-electron chi connectivity index (χ3n) is 15.7. The lowest BCUT2D eigenvalue weighted by atomic mass is 9.85. The number of thiazole rings is 5. The molecule has 9 N–H and O–H groups in total. The fraction of sp³-hybridized carbons (Fsp3) is 0.362. The van der Waals surface area contributed by atoms with Crippen molar-refractivity contribution in [2.24, 2.45) is 0 Å². The van der Waals surface area contributed by atoms with E-state index in [-0.39, 0.29) is 105 Å². The van der Waals surface area contributed by atoms with Crippen molar-refractivity contribution in [1.29, 1.82) is 0 Å². The number of methoxy groups -OCH3 is 1. The largest absolute Gasteiger partial charge is 0.506 e. The molecule has 12 rings (SSSR count). The third kappa shape index (κ3) is 12.4. The zero-order valence-electron chi connectivity index (χ0n) is 49.9. The van der Waals surface area contributed by atoms with Gasteiger partial charge in [-0.3, -0.25) is 19.2 Å². The van der Waals surface area contributed by atoms with Crippen LogP contribution in [0, 0.1) is 0 Å². The molecule has 1 fully saturated rings. The Balaban J connectivity index is 1.05. The number of aromatic carboxylic acids is 1. The fourth-order valence-corrected chi connectivity index (χ4v) is 15.6. The van der Waals surface area contributed by atoms with Crippen molar-refractivity contribution in [3.8, 4) is 38.4 Å². The van der Waals surface area contributed by atoms with Gasteiger partial charge in [-0.2, -0.15) is 4.73 Å². The minimum atomic E-state index is -1.91. The summed E-state index contributed by atoms with van der Waals surface area (Å²) in [6.07, 6.45) is -7.49. The summed E-state index contributed by atoms with van der Waals surface area (Å²) in [6, 6.07) is 0.715. The molecule has 4 aliphatic rings. The number of nitrogens with one attached hydrogen (secondary N) is 4. The second-order valence-corrected chi connectivity index (χ2v) is 26.7. The molecule has 30 nitrogen and oxygen atoms in total. The number of carboxylic acids is 1. The molecule has 12 bridgehead atoms. The second-order valence-electron chi connectivity index (χ2n) is 22.3. The zero-order chi connectivity index (χ0) is 66.1. The van der Waals surface area contributed by atoms with E-state index in [2.05, 4.69) is 36.2 Å². The zero-order valence-corrected chi connectivity index (χ0v) is 54.0. The molecule has 0 aliphatic carbocycles. The molecule has 10 atom stereocenters. The van der Waals surface area contributed by atoms with Crippen molar-refractivity contribution in [3.05, 3.63) is 112 Å². The molecule has 0 saturated carbocycles. The van der Waals surface area contributed by atoms with Crippen molar-refractivity contribution < 1.29 is 87.6 Å². The fourth-order valence-electron chi connectivity index (χ4n) is 11.5. The highest BCUT2D eigenvalue weighted by Gasteiger charge is 2.50. The Bertz CT molecular complexity index is 4360. The minimum Gasteiger partial charge on any atom is -0.506 e. The highest BCUT2D eigenvalue weighted by molar-refractivity contribution is 7.14. The maximum Gasteiger partial charge on any atom is 0.358 e. The topological polar surface area (TPSA) is 410 Å². The van der Waals surface area contributed by atoms with Crippen LogP contribution in [-0.4, -0.2) is 183 Å². The van der Waals surface area contributed by atoms with Gasteiger partial charge < -0.3 is 80.2 Å². The lowest BCUT2D eigenvalue weighted by Gasteiger charge is -2.48. The summed E-state index contributed by atoms with van der Waals surface area (Å²) in [7, 11) is 4.85. The van der Waals surface area contributed by atoms with Crippen molar-refractivity contribution in [3.63, 3.8) is 0 Å². The minimum absolute atomic E-state index is 0.00561. The molecule has 0 radical (unpaired) electrons. The molecule has 7 aromatic heterocycles. The Morgan fingerprint density at radius 2 is 1.49 bits per heavy atom. The second kappa shape index (κ2) is 25.6. The molecule has 35 heteroatoms. The maximum absolute atomic E-state index is 15.1. The van der Waals surface area contributed by atoms with Gasteiger partial charge in [0.15, 0.2) is 23.8 Å². The highest BCUT2D eigenvalue weighted by atomic mass is 32.1. The Morgan fingerprint density at radius 3 is 2.20 bits per heavy atom. The van der Waals surface area contributed by atoms with Gasteiger partial charge >= 0.3 is 17.9 Å². The van der Waals surface area contributed by atoms with Crippen LogP contribution < -0.4 is 21.3 Å². The Morgan fingerprint density at radius 1 is 0.828 bits per heavy atom. The molecular weight excluding hydrogens is 1310 g/mol. The number of carbonyl (C=O) groups excluding carboxylic acids is 6. The number of ether oxygens (including phenoxy) is 6. The number of aromatic nitrogens is 7. The molecule has 4 amide bonds. The highest BCUT2D eigenvalue weighted by Crippen LogP contribution is 2.43. The molecule has 10 unspecified atom stereocenters. The van der Waals surface area contributed by atoms with Crippen LogP contribution in [0.2, 0.25) is 0 Å². The van der Waals surface area contributed by atoms with Gasteiger partial charge in [0.05, 0.1) is 43.1 Å². The van der Waals surface area contributed by atoms with Gasteiger partial charge in [0, 0.05) is 49.8 Å². The van der Waals surface area contributed by atoms with Gasteiger partial charge in [0.2, 0.25) is 5.91 Å². The van der Waals surface area contributed by atoms with Gasteiger partial charge in [0.25, 0.3) is 17.7 Å². The van der Waals surface area contributed by atoms with Crippen molar-refractivity contribution >= 4 is 115 Å². The number of aliphatic hydroxyl groups excluding tert-OH is 1. The average molecular weight is 1370 g/mol. The van der Waals surface area contributed by atoms with Crippen LogP contribution in [0.25, 0.3) is 49.3 Å². The summed E-state index contributed by atoms with van der Waals surface area (Å²) in [4.78, 5) is 130. The lowest BCUT2D eigenvalue weighted by Crippen LogP contribution is -2.62. The summed E-state index contributed by atoms with van der Waals surface area (Å²) in [5.41, 5.74) is -2.82. The van der Waals surface area contributed by atoms with Gasteiger partial charge in [-0.05, 0) is 59.5 Å². The van der Waals surface area contributed by atoms with Crippen LogP contribution in [0.1, 0.15) is 125 Å². The van der Waals surface area contributed by atoms with E-state index < -0.39 is 133 Å². The van der Waals surface area contributed by atoms with E-state index in [1.165, 1.54) is 60.0 Å². The summed E-state index contributed by atoms with van der Waals surface area (Å²) >= 11 is 4.49. The van der Waals surface area contributed by atoms with E-state index in [1.807, 2.05) is 0 Å². The molecular formula is C58H56N12O18S5. The number of carbonyl (C=O) groups is 7. The number of amides is 4. The Labute approximate surface area is 545 Å². The number of hydrogen-bond acceptors (Lipinski definition) is 29. The molecule has 8 aromatic rings. The van der Waals surface area contributed by atoms with Gasteiger partial charge in [-0.15, -0.1) is 56.7 Å². The smallest absolute Gasteiger partial charge is 0.358 e. The van der Waals surface area contributed by atoms with E-state index in [0.29, 0.717) is 10.3 Å². The van der Waals surface area contributed by atoms with Crippen molar-refractivity contribution in [2.45, 2.75) is 108 Å². The molecule has 4 aliphatic heterocycles. The summed E-state index contributed by atoms with van der Waals surface area (Å²) in [5, 5.41) is 74.6. The average Bonchev–Trinajstić information content (AvgIpc) is 1.63. The molecule has 11 heterocycles. The Hall–Kier alpha value is -8.75. The normalized spacial score (nSPS) is 24.8. The van der Waals surface area contributed by atoms with Crippen LogP contribution in [-0.2, 0) is 51.2 Å². The number of aromatic hydroxyl groups is 1. The number of rotatable bonds is 7. The summed E-state index contributed by atoms with van der Waals surface area (Å²) < 4.78 is 38.1. The first-order chi connectivity index (χ1) is 44.4. The monoisotopic (exact) mass is 1370 g/mol. The van der Waals surface area contributed by atoms with Crippen LogP contribution >= 0.6 is 56.7 Å². The molecule has 486 valence electrons. The number of nitrogens with zero attached hydrogens (tertiary/aromatic N) is 8. The van der Waals surface area contributed by atoms with Gasteiger partial charge in [-0.25, -0.2) is 44.3 Å². The number of benzene rings is 1. The number of hydrogen-bond donors (Lipinski definition) is 9.